The Morgan fingerprint density at radius 3 is 2.76 bits per heavy atom. The maximum atomic E-state index is 11.0. The molecule has 1 aromatic carbocycles. The summed E-state index contributed by atoms with van der Waals surface area (Å²) in [5.74, 6) is -0.562. The number of carboxylic acid groups (broad SMARTS) is 1. The van der Waals surface area contributed by atoms with Crippen molar-refractivity contribution >= 4 is 17.3 Å². The van der Waals surface area contributed by atoms with Crippen LogP contribution in [-0.2, 0) is 20.9 Å². The highest BCUT2D eigenvalue weighted by Crippen LogP contribution is 2.37. The zero-order valence-corrected chi connectivity index (χ0v) is 20.4. The standard InChI is InChI=1S/C27H35NO5S/c29-23-17-24(33-18-20-16-25(34-19-20)21-8-4-3-5-9-21)22(10-6-1-2-7-11-26(30)31)27(23)28-12-14-32-15-13-28/h1,3-6,8-9,16,19,22-24,27,29H,2,7,10-15,17-18H2,(H,30,31)/b6-1+. The predicted molar refractivity (Wildman–Crippen MR) is 134 cm³/mol. The second kappa shape index (κ2) is 12.6. The third kappa shape index (κ3) is 6.77. The number of benzene rings is 1. The number of carboxylic acids is 1. The molecule has 2 aliphatic rings. The van der Waals surface area contributed by atoms with Gasteiger partial charge in [-0.3, -0.25) is 9.69 Å². The second-order valence-electron chi connectivity index (χ2n) is 9.13. The molecule has 2 N–H and O–H groups in total. The van der Waals surface area contributed by atoms with Crippen molar-refractivity contribution in [2.24, 2.45) is 5.92 Å². The quantitative estimate of drug-likeness (QED) is 0.358. The molecule has 6 nitrogen and oxygen atoms in total. The van der Waals surface area contributed by atoms with Gasteiger partial charge in [0.25, 0.3) is 0 Å². The fraction of sp³-hybridized carbons (Fsp3) is 0.519. The van der Waals surface area contributed by atoms with Crippen molar-refractivity contribution in [3.05, 3.63) is 59.5 Å². The number of hydrogen-bond donors (Lipinski definition) is 2. The summed E-state index contributed by atoms with van der Waals surface area (Å²) in [5, 5.41) is 22.0. The van der Waals surface area contributed by atoms with E-state index >= 15 is 0 Å². The first kappa shape index (κ1) is 25.1. The minimum Gasteiger partial charge on any atom is -0.481 e. The second-order valence-corrected chi connectivity index (χ2v) is 10.0. The highest BCUT2D eigenvalue weighted by molar-refractivity contribution is 7.13. The molecule has 1 saturated heterocycles. The van der Waals surface area contributed by atoms with E-state index in [9.17, 15) is 9.90 Å². The zero-order chi connectivity index (χ0) is 23.8. The number of rotatable bonds is 11. The Hall–Kier alpha value is -2.03. The summed E-state index contributed by atoms with van der Waals surface area (Å²) in [5.41, 5.74) is 2.38. The number of nitrogens with zero attached hydrogens (tertiary/aromatic N) is 1. The molecule has 4 unspecified atom stereocenters. The molecule has 2 heterocycles. The Bertz CT molecular complexity index is 924. The number of hydrogen-bond acceptors (Lipinski definition) is 6. The first-order chi connectivity index (χ1) is 16.6. The Labute approximate surface area is 205 Å². The molecule has 1 aliphatic carbocycles. The van der Waals surface area contributed by atoms with Crippen molar-refractivity contribution in [2.45, 2.75) is 57.0 Å². The molecule has 34 heavy (non-hydrogen) atoms. The maximum Gasteiger partial charge on any atom is 0.303 e. The van der Waals surface area contributed by atoms with Gasteiger partial charge in [-0.05, 0) is 41.8 Å². The van der Waals surface area contributed by atoms with Crippen LogP contribution in [-0.4, -0.2) is 65.6 Å². The molecule has 4 rings (SSSR count). The predicted octanol–water partition coefficient (Wildman–Crippen LogP) is 4.58. The Kier molecular flexibility index (Phi) is 9.30. The number of morpholine rings is 1. The lowest BCUT2D eigenvalue weighted by atomic mass is 9.94. The average Bonchev–Trinajstić information content (AvgIpc) is 3.45. The monoisotopic (exact) mass is 485 g/mol. The summed E-state index contributed by atoms with van der Waals surface area (Å²) in [6.45, 7) is 3.60. The lowest BCUT2D eigenvalue weighted by Gasteiger charge is -2.37. The van der Waals surface area contributed by atoms with Crippen molar-refractivity contribution in [1.82, 2.24) is 4.90 Å². The first-order valence-corrected chi connectivity index (χ1v) is 13.1. The largest absolute Gasteiger partial charge is 0.481 e. The number of aliphatic hydroxyl groups is 1. The van der Waals surface area contributed by atoms with Crippen LogP contribution in [0.4, 0.5) is 0 Å². The van der Waals surface area contributed by atoms with Gasteiger partial charge in [0.15, 0.2) is 0 Å². The van der Waals surface area contributed by atoms with Gasteiger partial charge in [-0.15, -0.1) is 11.3 Å². The fourth-order valence-corrected chi connectivity index (χ4v) is 5.99. The fourth-order valence-electron chi connectivity index (χ4n) is 5.08. The molecular weight excluding hydrogens is 450 g/mol. The molecule has 2 fully saturated rings. The topological polar surface area (TPSA) is 79.2 Å². The number of allylic oxidation sites excluding steroid dienone is 2. The summed E-state index contributed by atoms with van der Waals surface area (Å²) in [6, 6.07) is 12.6. The smallest absolute Gasteiger partial charge is 0.303 e. The molecule has 184 valence electrons. The van der Waals surface area contributed by atoms with Crippen LogP contribution >= 0.6 is 11.3 Å². The summed E-state index contributed by atoms with van der Waals surface area (Å²) in [6.07, 6.45) is 6.83. The molecule has 0 bridgehead atoms. The number of aliphatic carboxylic acids is 1. The maximum absolute atomic E-state index is 11.0. The molecule has 0 amide bonds. The average molecular weight is 486 g/mol. The molecule has 7 heteroatoms. The normalized spacial score (nSPS) is 25.8. The Morgan fingerprint density at radius 2 is 2.00 bits per heavy atom. The molecule has 2 aromatic rings. The van der Waals surface area contributed by atoms with Crippen molar-refractivity contribution in [2.75, 3.05) is 26.3 Å². The van der Waals surface area contributed by atoms with E-state index in [1.54, 1.807) is 11.3 Å². The first-order valence-electron chi connectivity index (χ1n) is 12.2. The van der Waals surface area contributed by atoms with Gasteiger partial charge in [-0.1, -0.05) is 42.5 Å². The Morgan fingerprint density at radius 1 is 1.21 bits per heavy atom. The minimum atomic E-state index is -0.753. The molecule has 1 aromatic heterocycles. The summed E-state index contributed by atoms with van der Waals surface area (Å²) >= 11 is 1.73. The van der Waals surface area contributed by atoms with Crippen LogP contribution in [0, 0.1) is 5.92 Å². The van der Waals surface area contributed by atoms with Gasteiger partial charge >= 0.3 is 5.97 Å². The summed E-state index contributed by atoms with van der Waals surface area (Å²) in [7, 11) is 0. The van der Waals surface area contributed by atoms with E-state index in [1.807, 2.05) is 6.07 Å². The van der Waals surface area contributed by atoms with Crippen LogP contribution in [0.3, 0.4) is 0 Å². The molecule has 1 aliphatic heterocycles. The Balaban J connectivity index is 1.39. The van der Waals surface area contributed by atoms with E-state index in [1.165, 1.54) is 10.4 Å². The van der Waals surface area contributed by atoms with Gasteiger partial charge in [-0.2, -0.15) is 0 Å². The van der Waals surface area contributed by atoms with E-state index in [0.717, 1.165) is 31.5 Å². The van der Waals surface area contributed by atoms with E-state index in [-0.39, 0.29) is 24.5 Å². The van der Waals surface area contributed by atoms with Gasteiger partial charge in [0.05, 0.1) is 32.0 Å². The van der Waals surface area contributed by atoms with Crippen LogP contribution in [0.1, 0.15) is 37.7 Å². The number of ether oxygens (including phenoxy) is 2. The van der Waals surface area contributed by atoms with Crippen molar-refractivity contribution in [1.29, 1.82) is 0 Å². The van der Waals surface area contributed by atoms with Crippen molar-refractivity contribution < 1.29 is 24.5 Å². The van der Waals surface area contributed by atoms with E-state index in [2.05, 4.69) is 52.8 Å². The van der Waals surface area contributed by atoms with Crippen molar-refractivity contribution in [3.63, 3.8) is 0 Å². The lowest BCUT2D eigenvalue weighted by Crippen LogP contribution is -2.50. The number of aliphatic hydroxyl groups excluding tert-OH is 1. The van der Waals surface area contributed by atoms with Crippen LogP contribution < -0.4 is 0 Å². The van der Waals surface area contributed by atoms with E-state index in [4.69, 9.17) is 14.6 Å². The van der Waals surface area contributed by atoms with Crippen LogP contribution in [0.15, 0.2) is 53.9 Å². The van der Waals surface area contributed by atoms with Gasteiger partial charge in [0.1, 0.15) is 0 Å². The van der Waals surface area contributed by atoms with Gasteiger partial charge in [0.2, 0.25) is 0 Å². The molecule has 4 atom stereocenters. The molecule has 1 saturated carbocycles. The van der Waals surface area contributed by atoms with Crippen LogP contribution in [0.25, 0.3) is 10.4 Å². The van der Waals surface area contributed by atoms with Gasteiger partial charge in [-0.25, -0.2) is 0 Å². The van der Waals surface area contributed by atoms with Crippen molar-refractivity contribution in [3.8, 4) is 10.4 Å². The highest BCUT2D eigenvalue weighted by Gasteiger charge is 2.45. The number of thiophene rings is 1. The summed E-state index contributed by atoms with van der Waals surface area (Å²) < 4.78 is 12.0. The third-order valence-electron chi connectivity index (χ3n) is 6.76. The molecular formula is C27H35NO5S. The zero-order valence-electron chi connectivity index (χ0n) is 19.6. The minimum absolute atomic E-state index is 0.0217. The SMILES string of the molecule is O=C(O)CCC/C=C/CC1C(OCc2csc(-c3ccccc3)c2)CC(O)C1N1CCOCC1. The summed E-state index contributed by atoms with van der Waals surface area (Å²) in [4.78, 5) is 14.3. The van der Waals surface area contributed by atoms with Crippen LogP contribution in [0.2, 0.25) is 0 Å². The van der Waals surface area contributed by atoms with E-state index < -0.39 is 12.1 Å². The molecule has 0 spiro atoms. The number of carbonyl (C=O) groups is 1. The number of unbranched alkanes of at least 4 members (excludes halogenated alkanes) is 1. The van der Waals surface area contributed by atoms with E-state index in [0.29, 0.717) is 32.7 Å². The third-order valence-corrected chi connectivity index (χ3v) is 7.79. The highest BCUT2D eigenvalue weighted by atomic mass is 32.1. The van der Waals surface area contributed by atoms with Gasteiger partial charge < -0.3 is 19.7 Å². The van der Waals surface area contributed by atoms with Crippen LogP contribution in [0.5, 0.6) is 0 Å². The van der Waals surface area contributed by atoms with Gasteiger partial charge in [0, 0.05) is 42.8 Å². The lowest BCUT2D eigenvalue weighted by molar-refractivity contribution is -0.137. The molecule has 0 radical (unpaired) electrons.